The Morgan fingerprint density at radius 2 is 2.43 bits per heavy atom. The zero-order chi connectivity index (χ0) is 10.4. The van der Waals surface area contributed by atoms with Gasteiger partial charge in [0.2, 0.25) is 0 Å². The molecule has 0 saturated carbocycles. The van der Waals surface area contributed by atoms with Gasteiger partial charge in [0.1, 0.15) is 0 Å². The Hall–Kier alpha value is -0.680. The van der Waals surface area contributed by atoms with Crippen LogP contribution in [0.25, 0.3) is 0 Å². The van der Waals surface area contributed by atoms with Crippen molar-refractivity contribution in [3.8, 4) is 0 Å². The lowest BCUT2D eigenvalue weighted by molar-refractivity contribution is 0.653. The average molecular weight is 215 g/mol. The Balaban J connectivity index is 2.12. The van der Waals surface area contributed by atoms with Crippen molar-refractivity contribution in [1.29, 1.82) is 0 Å². The standard InChI is InChI=1S/C9H17N3OS/c1-9(10)7-14(13)6-2-4-12-5-3-11-8-12/h3,5,8-9H,2,4,6-7,10H2,1H3. The van der Waals surface area contributed by atoms with E-state index in [2.05, 4.69) is 4.98 Å². The second kappa shape index (κ2) is 5.93. The van der Waals surface area contributed by atoms with Crippen LogP contribution < -0.4 is 5.73 Å². The molecule has 4 nitrogen and oxygen atoms in total. The first-order valence-corrected chi connectivity index (χ1v) is 6.23. The third-order valence-corrected chi connectivity index (χ3v) is 3.44. The summed E-state index contributed by atoms with van der Waals surface area (Å²) in [5.41, 5.74) is 5.55. The van der Waals surface area contributed by atoms with Gasteiger partial charge in [0.25, 0.3) is 0 Å². The second-order valence-electron chi connectivity index (χ2n) is 3.44. The quantitative estimate of drug-likeness (QED) is 0.745. The maximum Gasteiger partial charge on any atom is 0.0945 e. The summed E-state index contributed by atoms with van der Waals surface area (Å²) in [5.74, 6) is 1.32. The molecule has 0 radical (unpaired) electrons. The van der Waals surface area contributed by atoms with E-state index in [1.54, 1.807) is 12.5 Å². The molecule has 0 saturated heterocycles. The predicted molar refractivity (Wildman–Crippen MR) is 58.4 cm³/mol. The van der Waals surface area contributed by atoms with E-state index in [1.165, 1.54) is 0 Å². The third kappa shape index (κ3) is 4.53. The van der Waals surface area contributed by atoms with Crippen LogP contribution in [0, 0.1) is 0 Å². The van der Waals surface area contributed by atoms with Gasteiger partial charge in [0, 0.05) is 47.3 Å². The number of nitrogens with two attached hydrogens (primary N) is 1. The second-order valence-corrected chi connectivity index (χ2v) is 5.06. The zero-order valence-electron chi connectivity index (χ0n) is 8.43. The van der Waals surface area contributed by atoms with Crippen LogP contribution in [0.3, 0.4) is 0 Å². The van der Waals surface area contributed by atoms with E-state index < -0.39 is 10.8 Å². The van der Waals surface area contributed by atoms with E-state index in [1.807, 2.05) is 17.7 Å². The van der Waals surface area contributed by atoms with Crippen LogP contribution in [0.5, 0.6) is 0 Å². The summed E-state index contributed by atoms with van der Waals surface area (Å²) in [5, 5.41) is 0. The van der Waals surface area contributed by atoms with E-state index in [9.17, 15) is 4.21 Å². The van der Waals surface area contributed by atoms with Crippen molar-refractivity contribution in [2.75, 3.05) is 11.5 Å². The van der Waals surface area contributed by atoms with Crippen LogP contribution >= 0.6 is 0 Å². The lowest BCUT2D eigenvalue weighted by atomic mass is 10.4. The van der Waals surface area contributed by atoms with Gasteiger partial charge in [-0.1, -0.05) is 0 Å². The van der Waals surface area contributed by atoms with E-state index in [0.717, 1.165) is 18.7 Å². The molecule has 1 aromatic heterocycles. The van der Waals surface area contributed by atoms with Gasteiger partial charge in [-0.25, -0.2) is 4.98 Å². The Labute approximate surface area is 87.0 Å². The highest BCUT2D eigenvalue weighted by Crippen LogP contribution is 1.94. The van der Waals surface area contributed by atoms with E-state index in [-0.39, 0.29) is 6.04 Å². The maximum atomic E-state index is 11.4. The van der Waals surface area contributed by atoms with Gasteiger partial charge in [-0.3, -0.25) is 4.21 Å². The van der Waals surface area contributed by atoms with Gasteiger partial charge in [-0.15, -0.1) is 0 Å². The van der Waals surface area contributed by atoms with Crippen molar-refractivity contribution in [3.05, 3.63) is 18.7 Å². The molecule has 5 heteroatoms. The molecule has 0 aromatic carbocycles. The van der Waals surface area contributed by atoms with Crippen molar-refractivity contribution in [2.45, 2.75) is 25.9 Å². The van der Waals surface area contributed by atoms with Crippen LogP contribution in [-0.4, -0.2) is 31.3 Å². The predicted octanol–water partition coefficient (Wildman–Crippen LogP) is 0.369. The molecule has 1 heterocycles. The molecule has 14 heavy (non-hydrogen) atoms. The zero-order valence-corrected chi connectivity index (χ0v) is 9.24. The molecule has 2 N–H and O–H groups in total. The monoisotopic (exact) mass is 215 g/mol. The molecule has 80 valence electrons. The minimum atomic E-state index is -0.770. The summed E-state index contributed by atoms with van der Waals surface area (Å²) >= 11 is 0. The van der Waals surface area contributed by atoms with Gasteiger partial charge >= 0.3 is 0 Å². The van der Waals surface area contributed by atoms with Gasteiger partial charge in [-0.2, -0.15) is 0 Å². The molecule has 0 amide bonds. The number of rotatable bonds is 6. The van der Waals surface area contributed by atoms with Crippen molar-refractivity contribution < 1.29 is 4.21 Å². The minimum Gasteiger partial charge on any atom is -0.337 e. The van der Waals surface area contributed by atoms with Crippen molar-refractivity contribution in [1.82, 2.24) is 9.55 Å². The molecule has 0 aliphatic heterocycles. The SMILES string of the molecule is CC(N)CS(=O)CCCn1ccnc1. The number of aryl methyl sites for hydroxylation is 1. The first kappa shape index (κ1) is 11.4. The highest BCUT2D eigenvalue weighted by atomic mass is 32.2. The lowest BCUT2D eigenvalue weighted by Gasteiger charge is -2.05. The molecule has 2 atom stereocenters. The van der Waals surface area contributed by atoms with Gasteiger partial charge in [-0.05, 0) is 13.3 Å². The molecular formula is C9H17N3OS. The molecule has 2 unspecified atom stereocenters. The fraction of sp³-hybridized carbons (Fsp3) is 0.667. The number of imidazole rings is 1. The molecule has 1 rings (SSSR count). The Morgan fingerprint density at radius 3 is 3.00 bits per heavy atom. The molecule has 0 spiro atoms. The molecule has 0 bridgehead atoms. The van der Waals surface area contributed by atoms with Crippen LogP contribution in [-0.2, 0) is 17.3 Å². The topological polar surface area (TPSA) is 60.9 Å². The third-order valence-electron chi connectivity index (χ3n) is 1.80. The van der Waals surface area contributed by atoms with Crippen LogP contribution in [0.2, 0.25) is 0 Å². The normalized spacial score (nSPS) is 15.3. The summed E-state index contributed by atoms with van der Waals surface area (Å²) < 4.78 is 13.4. The van der Waals surface area contributed by atoms with Gasteiger partial charge < -0.3 is 10.3 Å². The number of aromatic nitrogens is 2. The fourth-order valence-corrected chi connectivity index (χ4v) is 2.41. The summed E-state index contributed by atoms with van der Waals surface area (Å²) in [6, 6.07) is 0.0316. The van der Waals surface area contributed by atoms with Crippen molar-refractivity contribution in [2.24, 2.45) is 5.73 Å². The average Bonchev–Trinajstić information content (AvgIpc) is 2.55. The minimum absolute atomic E-state index is 0.0316. The van der Waals surface area contributed by atoms with Crippen molar-refractivity contribution >= 4 is 10.8 Å². The van der Waals surface area contributed by atoms with Crippen LogP contribution in [0.15, 0.2) is 18.7 Å². The number of hydrogen-bond acceptors (Lipinski definition) is 3. The fourth-order valence-electron chi connectivity index (χ4n) is 1.20. The molecule has 0 aliphatic rings. The number of nitrogens with zero attached hydrogens (tertiary/aromatic N) is 2. The number of hydrogen-bond donors (Lipinski definition) is 1. The summed E-state index contributed by atoms with van der Waals surface area (Å²) in [7, 11) is -0.770. The first-order valence-electron chi connectivity index (χ1n) is 4.75. The summed E-state index contributed by atoms with van der Waals surface area (Å²) in [6.07, 6.45) is 6.34. The molecule has 0 aliphatic carbocycles. The van der Waals surface area contributed by atoms with Gasteiger partial charge in [0.15, 0.2) is 0 Å². The van der Waals surface area contributed by atoms with E-state index >= 15 is 0 Å². The largest absolute Gasteiger partial charge is 0.337 e. The van der Waals surface area contributed by atoms with Crippen molar-refractivity contribution in [3.63, 3.8) is 0 Å². The Kier molecular flexibility index (Phi) is 4.82. The van der Waals surface area contributed by atoms with E-state index in [4.69, 9.17) is 5.73 Å². The summed E-state index contributed by atoms with van der Waals surface area (Å²) in [4.78, 5) is 3.94. The Morgan fingerprint density at radius 1 is 1.64 bits per heavy atom. The van der Waals surface area contributed by atoms with Crippen LogP contribution in [0.4, 0.5) is 0 Å². The molecule has 1 aromatic rings. The van der Waals surface area contributed by atoms with Gasteiger partial charge in [0.05, 0.1) is 6.33 Å². The molecule has 0 fully saturated rings. The summed E-state index contributed by atoms with van der Waals surface area (Å²) in [6.45, 7) is 2.76. The highest BCUT2D eigenvalue weighted by molar-refractivity contribution is 7.85. The first-order chi connectivity index (χ1) is 6.68. The highest BCUT2D eigenvalue weighted by Gasteiger charge is 2.02. The lowest BCUT2D eigenvalue weighted by Crippen LogP contribution is -2.24. The van der Waals surface area contributed by atoms with E-state index in [0.29, 0.717) is 5.75 Å². The Bertz CT molecular complexity index is 272. The smallest absolute Gasteiger partial charge is 0.0945 e. The molecular weight excluding hydrogens is 198 g/mol. The van der Waals surface area contributed by atoms with Crippen LogP contribution in [0.1, 0.15) is 13.3 Å². The maximum absolute atomic E-state index is 11.4.